The number of nitrogens with zero attached hydrogens (tertiary/aromatic N) is 1. The van der Waals surface area contributed by atoms with Gasteiger partial charge in [-0.3, -0.25) is 0 Å². The molecular formula is CFeMnNZn-. The molecule has 0 heterocycles. The molecule has 0 rings (SSSR count). The Balaban J connectivity index is -0.00000000167. The molecule has 0 bridgehead atoms. The first-order valence-electron chi connectivity index (χ1n) is 0.224. The normalized spacial score (nSPS) is 0.400. The van der Waals surface area contributed by atoms with Crippen LogP contribution in [-0.4, -0.2) is 0 Å². The smallest absolute Gasteiger partial charge is 0 e. The second-order valence-corrected chi connectivity index (χ2v) is 0. The maximum atomic E-state index is 6.25. The number of hydrogen-bond donors (Lipinski definition) is 0. The second-order valence-electron chi connectivity index (χ2n) is 0. The van der Waals surface area contributed by atoms with E-state index in [9.17, 15) is 0 Å². The van der Waals surface area contributed by atoms with Gasteiger partial charge in [0.25, 0.3) is 0 Å². The van der Waals surface area contributed by atoms with Gasteiger partial charge in [0.05, 0.1) is 0 Å². The van der Waals surface area contributed by atoms with Crippen molar-refractivity contribution in [2.45, 2.75) is 0 Å². The van der Waals surface area contributed by atoms with Crippen molar-refractivity contribution in [2.75, 3.05) is 0 Å². The van der Waals surface area contributed by atoms with Crippen LogP contribution in [0.4, 0.5) is 0 Å². The molecule has 0 saturated carbocycles. The van der Waals surface area contributed by atoms with Gasteiger partial charge in [0, 0.05) is 53.6 Å². The summed E-state index contributed by atoms with van der Waals surface area (Å²) in [5, 5.41) is 6.25. The van der Waals surface area contributed by atoms with Crippen LogP contribution >= 0.6 is 0 Å². The van der Waals surface area contributed by atoms with Crippen molar-refractivity contribution in [3.05, 3.63) is 6.57 Å². The molecule has 1 nitrogen and oxygen atoms in total. The molecule has 0 saturated heterocycles. The minimum atomic E-state index is 0. The van der Waals surface area contributed by atoms with Crippen LogP contribution < -0.4 is 0 Å². The van der Waals surface area contributed by atoms with Crippen molar-refractivity contribution in [1.29, 1.82) is 5.26 Å². The SMILES string of the molecule is [C-]#N.[Fe].[Mn].[Zn]. The van der Waals surface area contributed by atoms with E-state index < -0.39 is 0 Å². The van der Waals surface area contributed by atoms with Crippen molar-refractivity contribution in [3.8, 4) is 0 Å². The van der Waals surface area contributed by atoms with Gasteiger partial charge in [0.15, 0.2) is 0 Å². The molecule has 27 valence electrons. The predicted octanol–water partition coefficient (Wildman–Crippen LogP) is 0.0889. The van der Waals surface area contributed by atoms with E-state index >= 15 is 0 Å². The van der Waals surface area contributed by atoms with Gasteiger partial charge >= 0.3 is 0 Å². The van der Waals surface area contributed by atoms with E-state index in [0.717, 1.165) is 0 Å². The summed E-state index contributed by atoms with van der Waals surface area (Å²) in [7, 11) is 0. The second kappa shape index (κ2) is 66.9. The van der Waals surface area contributed by atoms with Gasteiger partial charge in [-0.05, 0) is 0 Å². The summed E-state index contributed by atoms with van der Waals surface area (Å²) in [4.78, 5) is 0. The van der Waals surface area contributed by atoms with Crippen molar-refractivity contribution >= 4 is 0 Å². The summed E-state index contributed by atoms with van der Waals surface area (Å²) in [5.74, 6) is 0. The van der Waals surface area contributed by atoms with E-state index in [0.29, 0.717) is 0 Å². The Hall–Kier alpha value is 1.15. The zero-order valence-corrected chi connectivity index (χ0v) is 7.64. The fourth-order valence-corrected chi connectivity index (χ4v) is 0. The molecule has 0 fully saturated rings. The van der Waals surface area contributed by atoms with Crippen LogP contribution in [0.5, 0.6) is 0 Å². The van der Waals surface area contributed by atoms with Crippen LogP contribution in [-0.2, 0) is 53.6 Å². The fraction of sp³-hybridized carbons (Fsp3) is 0. The standard InChI is InChI=1S/CN.Fe.Mn.Zn/c1-2;;;/q-1;;;. The van der Waals surface area contributed by atoms with Crippen LogP contribution in [0.25, 0.3) is 0 Å². The molecule has 0 aromatic heterocycles. The summed E-state index contributed by atoms with van der Waals surface area (Å²) in [6.07, 6.45) is 0. The Morgan fingerprint density at radius 1 is 1.20 bits per heavy atom. The first kappa shape index (κ1) is 35.3. The molecule has 0 aliphatic heterocycles. The van der Waals surface area contributed by atoms with E-state index in [1.165, 1.54) is 0 Å². The molecule has 0 aromatic rings. The minimum absolute atomic E-state index is 0. The summed E-state index contributed by atoms with van der Waals surface area (Å²) in [5.41, 5.74) is 0. The predicted molar refractivity (Wildman–Crippen MR) is 4.97 cm³/mol. The molecule has 0 aliphatic carbocycles. The molecule has 4 heteroatoms. The van der Waals surface area contributed by atoms with Crippen molar-refractivity contribution in [3.63, 3.8) is 0 Å². The third-order valence-electron chi connectivity index (χ3n) is 0. The van der Waals surface area contributed by atoms with Crippen LogP contribution in [0.2, 0.25) is 0 Å². The molecule has 0 aromatic carbocycles. The Kier molecular flexibility index (Phi) is 472. The third-order valence-corrected chi connectivity index (χ3v) is 0. The Morgan fingerprint density at radius 2 is 1.20 bits per heavy atom. The summed E-state index contributed by atoms with van der Waals surface area (Å²) in [6, 6.07) is 0. The van der Waals surface area contributed by atoms with Crippen LogP contribution in [0.15, 0.2) is 0 Å². The summed E-state index contributed by atoms with van der Waals surface area (Å²) in [6.45, 7) is 4.75. The third kappa shape index (κ3) is 38.6. The number of rotatable bonds is 0. The zero-order valence-electron chi connectivity index (χ0n) is 2.39. The van der Waals surface area contributed by atoms with Gasteiger partial charge in [-0.1, -0.05) is 0 Å². The van der Waals surface area contributed by atoms with Gasteiger partial charge in [-0.15, -0.1) is 0 Å². The summed E-state index contributed by atoms with van der Waals surface area (Å²) >= 11 is 0. The summed E-state index contributed by atoms with van der Waals surface area (Å²) < 4.78 is 0. The van der Waals surface area contributed by atoms with E-state index in [1.807, 2.05) is 0 Å². The minimum Gasteiger partial charge on any atom is -0.512 e. The van der Waals surface area contributed by atoms with E-state index in [1.54, 1.807) is 0 Å². The average molecular weight is 202 g/mol. The van der Waals surface area contributed by atoms with E-state index in [4.69, 9.17) is 11.8 Å². The van der Waals surface area contributed by atoms with Crippen molar-refractivity contribution < 1.29 is 53.6 Å². The maximum Gasteiger partial charge on any atom is 0 e. The molecular weight excluding hydrogens is 202 g/mol. The van der Waals surface area contributed by atoms with E-state index in [2.05, 4.69) is 0 Å². The van der Waals surface area contributed by atoms with E-state index in [-0.39, 0.29) is 53.6 Å². The number of hydrogen-bond acceptors (Lipinski definition) is 1. The van der Waals surface area contributed by atoms with Gasteiger partial charge in [-0.2, -0.15) is 0 Å². The van der Waals surface area contributed by atoms with Gasteiger partial charge in [0.1, 0.15) is 0 Å². The van der Waals surface area contributed by atoms with Gasteiger partial charge < -0.3 is 11.8 Å². The Labute approximate surface area is 65.2 Å². The molecule has 0 unspecified atom stereocenters. The molecule has 1 radical (unpaired) electrons. The Morgan fingerprint density at radius 3 is 1.20 bits per heavy atom. The van der Waals surface area contributed by atoms with Gasteiger partial charge in [-0.25, -0.2) is 0 Å². The molecule has 0 atom stereocenters. The largest absolute Gasteiger partial charge is 0.512 e. The van der Waals surface area contributed by atoms with Gasteiger partial charge in [0.2, 0.25) is 0 Å². The van der Waals surface area contributed by atoms with Crippen molar-refractivity contribution in [1.82, 2.24) is 0 Å². The van der Waals surface area contributed by atoms with Crippen LogP contribution in [0.1, 0.15) is 0 Å². The quantitative estimate of drug-likeness (QED) is 0.403. The maximum absolute atomic E-state index is 6.25. The molecule has 5 heavy (non-hydrogen) atoms. The molecule has 0 aliphatic rings. The van der Waals surface area contributed by atoms with Crippen LogP contribution in [0, 0.1) is 11.8 Å². The first-order valence-corrected chi connectivity index (χ1v) is 0.224. The monoisotopic (exact) mass is 201 g/mol. The molecule has 0 spiro atoms. The van der Waals surface area contributed by atoms with Crippen molar-refractivity contribution in [2.24, 2.45) is 0 Å². The average Bonchev–Trinajstić information content (AvgIpc) is 1.00. The molecule has 0 N–H and O–H groups in total. The van der Waals surface area contributed by atoms with Crippen LogP contribution in [0.3, 0.4) is 0 Å². The first-order chi connectivity index (χ1) is 1.00. The Bertz CT molecular complexity index is 16.4. The zero-order chi connectivity index (χ0) is 2.00. The molecule has 0 amide bonds. The topological polar surface area (TPSA) is 23.8 Å². The fourth-order valence-electron chi connectivity index (χ4n) is 0.